The van der Waals surface area contributed by atoms with Crippen LogP contribution in [0.3, 0.4) is 0 Å². The molecular weight excluding hydrogens is 524 g/mol. The van der Waals surface area contributed by atoms with Gasteiger partial charge in [0.2, 0.25) is 0 Å². The third-order valence-electron chi connectivity index (χ3n) is 6.84. The summed E-state index contributed by atoms with van der Waals surface area (Å²) in [5.41, 5.74) is 2.63. The predicted octanol–water partition coefficient (Wildman–Crippen LogP) is 7.21. The van der Waals surface area contributed by atoms with Gasteiger partial charge in [-0.25, -0.2) is 4.21 Å². The molecule has 0 radical (unpaired) electrons. The van der Waals surface area contributed by atoms with Crippen molar-refractivity contribution < 1.29 is 27.9 Å². The van der Waals surface area contributed by atoms with Gasteiger partial charge in [0.05, 0.1) is 34.3 Å². The van der Waals surface area contributed by atoms with Gasteiger partial charge in [0, 0.05) is 12.0 Å². The Kier molecular flexibility index (Phi) is 7.84. The first-order valence-corrected chi connectivity index (χ1v) is 14.5. The van der Waals surface area contributed by atoms with Gasteiger partial charge in [0.25, 0.3) is 0 Å². The summed E-state index contributed by atoms with van der Waals surface area (Å²) in [6, 6.07) is 30.6. The molecular formula is C33H30O6S. The van der Waals surface area contributed by atoms with Crippen LogP contribution in [-0.2, 0) is 22.1 Å². The first-order valence-electron chi connectivity index (χ1n) is 13.4. The first kappa shape index (κ1) is 26.2. The van der Waals surface area contributed by atoms with Crippen molar-refractivity contribution in [2.24, 2.45) is 0 Å². The van der Waals surface area contributed by atoms with E-state index in [9.17, 15) is 4.21 Å². The summed E-state index contributed by atoms with van der Waals surface area (Å²) in [5, 5.41) is 0. The lowest BCUT2D eigenvalue weighted by Crippen LogP contribution is -2.24. The van der Waals surface area contributed by atoms with Crippen molar-refractivity contribution >= 4 is 21.5 Å². The molecule has 0 aromatic heterocycles. The summed E-state index contributed by atoms with van der Waals surface area (Å²) < 4.78 is 43.4. The molecule has 0 saturated carbocycles. The Morgan fingerprint density at radius 2 is 1.55 bits per heavy atom. The topological polar surface area (TPSA) is 63.2 Å². The van der Waals surface area contributed by atoms with Crippen molar-refractivity contribution in [3.63, 3.8) is 0 Å². The maximum Gasteiger partial charge on any atom is 0.199 e. The van der Waals surface area contributed by atoms with E-state index in [2.05, 4.69) is 0 Å². The molecule has 2 aliphatic rings. The number of methoxy groups -OCH3 is 1. The molecule has 40 heavy (non-hydrogen) atoms. The Bertz CT molecular complexity index is 1510. The number of hydrogen-bond donors (Lipinski definition) is 0. The minimum Gasteiger partial charge on any atom is -0.497 e. The van der Waals surface area contributed by atoms with E-state index in [1.165, 1.54) is 0 Å². The van der Waals surface area contributed by atoms with E-state index >= 15 is 0 Å². The number of rotatable bonds is 9. The summed E-state index contributed by atoms with van der Waals surface area (Å²) in [6.45, 7) is 1.15. The van der Waals surface area contributed by atoms with Crippen LogP contribution in [0.25, 0.3) is 10.7 Å². The fraction of sp³-hybridized carbons (Fsp3) is 0.212. The highest BCUT2D eigenvalue weighted by molar-refractivity contribution is 7.95. The molecule has 6 rings (SSSR count). The van der Waals surface area contributed by atoms with Crippen molar-refractivity contribution in [1.29, 1.82) is 0 Å². The van der Waals surface area contributed by atoms with Crippen LogP contribution in [0.2, 0.25) is 0 Å². The van der Waals surface area contributed by atoms with Crippen molar-refractivity contribution in [2.45, 2.75) is 37.1 Å². The lowest BCUT2D eigenvalue weighted by atomic mass is 10.1. The second kappa shape index (κ2) is 12.0. The third kappa shape index (κ3) is 5.76. The second-order valence-corrected chi connectivity index (χ2v) is 11.0. The van der Waals surface area contributed by atoms with Crippen molar-refractivity contribution in [1.82, 2.24) is 0 Å². The molecule has 2 heterocycles. The predicted molar refractivity (Wildman–Crippen MR) is 155 cm³/mol. The highest BCUT2D eigenvalue weighted by Gasteiger charge is 2.32. The fourth-order valence-corrected chi connectivity index (χ4v) is 6.21. The van der Waals surface area contributed by atoms with Gasteiger partial charge in [0.15, 0.2) is 12.0 Å². The summed E-state index contributed by atoms with van der Waals surface area (Å²) in [6.07, 6.45) is 2.84. The number of ether oxygens (including phenoxy) is 5. The Labute approximate surface area is 236 Å². The zero-order chi connectivity index (χ0) is 27.3. The van der Waals surface area contributed by atoms with Crippen LogP contribution >= 0.6 is 0 Å². The molecule has 204 valence electrons. The maximum atomic E-state index is 13.9. The Morgan fingerprint density at radius 1 is 0.825 bits per heavy atom. The molecule has 7 heteroatoms. The lowest BCUT2D eigenvalue weighted by Gasteiger charge is -2.23. The van der Waals surface area contributed by atoms with E-state index in [-0.39, 0.29) is 6.29 Å². The van der Waals surface area contributed by atoms with E-state index in [0.29, 0.717) is 33.7 Å². The Morgan fingerprint density at radius 3 is 2.27 bits per heavy atom. The molecule has 2 unspecified atom stereocenters. The molecule has 4 aromatic carbocycles. The van der Waals surface area contributed by atoms with Gasteiger partial charge in [0.1, 0.15) is 29.6 Å². The highest BCUT2D eigenvalue weighted by atomic mass is 32.2. The van der Waals surface area contributed by atoms with Crippen LogP contribution < -0.4 is 18.9 Å². The molecule has 6 nitrogen and oxygen atoms in total. The Balaban J connectivity index is 1.28. The fourth-order valence-electron chi connectivity index (χ4n) is 4.73. The summed E-state index contributed by atoms with van der Waals surface area (Å²) in [7, 11) is 0.148. The molecule has 1 fully saturated rings. The summed E-state index contributed by atoms with van der Waals surface area (Å²) in [4.78, 5) is 1.26. The van der Waals surface area contributed by atoms with Crippen LogP contribution in [-0.4, -0.2) is 24.2 Å². The molecule has 2 aliphatic heterocycles. The van der Waals surface area contributed by atoms with Crippen LogP contribution in [0.1, 0.15) is 36.0 Å². The minimum atomic E-state index is -1.47. The average molecular weight is 555 g/mol. The van der Waals surface area contributed by atoms with Gasteiger partial charge in [-0.1, -0.05) is 30.3 Å². The van der Waals surface area contributed by atoms with Gasteiger partial charge in [-0.3, -0.25) is 0 Å². The number of benzene rings is 4. The minimum absolute atomic E-state index is 0.215. The SMILES string of the molecule is COc1ccc(C2=C(Oc3ccc(OC4CCCCO4)cc3)c3ccc(OCc4ccccc4)cc3S2=O)cc1. The maximum absolute atomic E-state index is 13.9. The summed E-state index contributed by atoms with van der Waals surface area (Å²) in [5.74, 6) is 3.27. The van der Waals surface area contributed by atoms with Crippen molar-refractivity contribution in [3.05, 3.63) is 114 Å². The van der Waals surface area contributed by atoms with Gasteiger partial charge in [-0.2, -0.15) is 0 Å². The van der Waals surface area contributed by atoms with Gasteiger partial charge in [-0.15, -0.1) is 0 Å². The van der Waals surface area contributed by atoms with Crippen LogP contribution in [0, 0.1) is 0 Å². The molecule has 0 spiro atoms. The van der Waals surface area contributed by atoms with E-state index < -0.39 is 10.8 Å². The molecule has 0 aliphatic carbocycles. The van der Waals surface area contributed by atoms with Gasteiger partial charge in [-0.05, 0) is 90.7 Å². The zero-order valence-corrected chi connectivity index (χ0v) is 23.0. The molecule has 2 atom stereocenters. The van der Waals surface area contributed by atoms with E-state index in [0.717, 1.165) is 54.1 Å². The average Bonchev–Trinajstić information content (AvgIpc) is 3.28. The monoisotopic (exact) mass is 554 g/mol. The molecule has 0 bridgehead atoms. The normalized spacial score (nSPS) is 18.2. The quantitative estimate of drug-likeness (QED) is 0.218. The van der Waals surface area contributed by atoms with Gasteiger partial charge < -0.3 is 23.7 Å². The smallest absolute Gasteiger partial charge is 0.199 e. The standard InChI is InChI=1S/C33H30O6S/c1-35-25-12-10-24(11-13-25)33-32(39-27-16-14-26(15-17-27)38-31-9-5-6-20-36-31)29-19-18-28(21-30(29)40(33)34)37-22-23-7-3-2-4-8-23/h2-4,7-8,10-19,21,31H,5-6,9,20,22H2,1H3. The van der Waals surface area contributed by atoms with Crippen LogP contribution in [0.15, 0.2) is 102 Å². The lowest BCUT2D eigenvalue weighted by molar-refractivity contribution is -0.105. The molecule has 0 amide bonds. The number of hydrogen-bond acceptors (Lipinski definition) is 6. The van der Waals surface area contributed by atoms with Gasteiger partial charge >= 0.3 is 0 Å². The zero-order valence-electron chi connectivity index (χ0n) is 22.2. The van der Waals surface area contributed by atoms with Crippen LogP contribution in [0.4, 0.5) is 0 Å². The highest BCUT2D eigenvalue weighted by Crippen LogP contribution is 2.44. The Hall–Kier alpha value is -4.07. The molecule has 4 aromatic rings. The van der Waals surface area contributed by atoms with E-state index in [1.54, 1.807) is 7.11 Å². The number of fused-ring (bicyclic) bond motifs is 1. The van der Waals surface area contributed by atoms with E-state index in [1.807, 2.05) is 97.1 Å². The second-order valence-electron chi connectivity index (χ2n) is 9.58. The largest absolute Gasteiger partial charge is 0.497 e. The molecule has 1 saturated heterocycles. The first-order chi connectivity index (χ1) is 19.7. The van der Waals surface area contributed by atoms with Crippen LogP contribution in [0.5, 0.6) is 23.0 Å². The third-order valence-corrected chi connectivity index (χ3v) is 8.37. The summed E-state index contributed by atoms with van der Waals surface area (Å²) >= 11 is 0. The van der Waals surface area contributed by atoms with Crippen molar-refractivity contribution in [2.75, 3.05) is 13.7 Å². The van der Waals surface area contributed by atoms with E-state index in [4.69, 9.17) is 23.7 Å². The van der Waals surface area contributed by atoms with Crippen molar-refractivity contribution in [3.8, 4) is 23.0 Å². The molecule has 0 N–H and O–H groups in total.